The van der Waals surface area contributed by atoms with Crippen molar-refractivity contribution in [1.29, 1.82) is 0 Å². The first-order valence-corrected chi connectivity index (χ1v) is 8.68. The van der Waals surface area contributed by atoms with E-state index in [0.29, 0.717) is 17.1 Å². The molecule has 0 saturated heterocycles. The zero-order valence-electron chi connectivity index (χ0n) is 11.3. The highest BCUT2D eigenvalue weighted by molar-refractivity contribution is 7.92. The summed E-state index contributed by atoms with van der Waals surface area (Å²) in [7, 11) is -3.62. The second-order valence-corrected chi connectivity index (χ2v) is 7.64. The lowest BCUT2D eigenvalue weighted by atomic mass is 10.2. The van der Waals surface area contributed by atoms with E-state index in [-0.39, 0.29) is 10.8 Å². The van der Waals surface area contributed by atoms with Crippen molar-refractivity contribution in [2.75, 3.05) is 6.54 Å². The minimum Gasteiger partial charge on any atom is -0.355 e. The highest BCUT2D eigenvalue weighted by atomic mass is 35.5. The molecule has 0 aliphatic rings. The first kappa shape index (κ1) is 17.3. The van der Waals surface area contributed by atoms with Gasteiger partial charge in [0.1, 0.15) is 5.25 Å². The van der Waals surface area contributed by atoms with Crippen LogP contribution in [-0.4, -0.2) is 26.1 Å². The summed E-state index contributed by atoms with van der Waals surface area (Å²) in [5, 5.41) is 2.18. The number of nitrogens with one attached hydrogen (secondary N) is 1. The Kier molecular flexibility index (Phi) is 6.30. The Morgan fingerprint density at radius 3 is 2.55 bits per heavy atom. The Labute approximate surface area is 129 Å². The number of halogens is 2. The zero-order valence-corrected chi connectivity index (χ0v) is 13.6. The van der Waals surface area contributed by atoms with Gasteiger partial charge in [-0.25, -0.2) is 8.42 Å². The van der Waals surface area contributed by atoms with Gasteiger partial charge in [-0.15, -0.1) is 0 Å². The van der Waals surface area contributed by atoms with Crippen LogP contribution in [0.15, 0.2) is 18.2 Å². The lowest BCUT2D eigenvalue weighted by Gasteiger charge is -2.13. The summed E-state index contributed by atoms with van der Waals surface area (Å²) in [6, 6.07) is 4.61. The molecule has 0 aromatic heterocycles. The number of sulfone groups is 1. The van der Waals surface area contributed by atoms with Crippen LogP contribution < -0.4 is 5.32 Å². The molecule has 0 bridgehead atoms. The smallest absolute Gasteiger partial charge is 0.238 e. The fourth-order valence-corrected chi connectivity index (χ4v) is 3.43. The number of carbonyl (C=O) groups is 1. The van der Waals surface area contributed by atoms with Gasteiger partial charge in [-0.2, -0.15) is 0 Å². The maximum atomic E-state index is 12.2. The maximum Gasteiger partial charge on any atom is 0.238 e. The molecule has 1 unspecified atom stereocenters. The predicted octanol–water partition coefficient (Wildman–Crippen LogP) is 2.82. The molecule has 1 amide bonds. The highest BCUT2D eigenvalue weighted by Gasteiger charge is 2.28. The lowest BCUT2D eigenvalue weighted by molar-refractivity contribution is -0.120. The van der Waals surface area contributed by atoms with Crippen LogP contribution >= 0.6 is 23.2 Å². The standard InChI is InChI=1S/C13H17Cl2NO3S/c1-3-6-16-13(17)9(2)20(18,19)8-10-4-5-11(14)7-12(10)15/h4-5,7,9H,3,6,8H2,1-2H3,(H,16,17). The lowest BCUT2D eigenvalue weighted by Crippen LogP contribution is -2.38. The molecule has 1 atom stereocenters. The summed E-state index contributed by atoms with van der Waals surface area (Å²) in [4.78, 5) is 11.7. The van der Waals surface area contributed by atoms with Gasteiger partial charge in [-0.1, -0.05) is 36.2 Å². The molecular formula is C13H17Cl2NO3S. The molecule has 112 valence electrons. The molecule has 7 heteroatoms. The third kappa shape index (κ3) is 4.65. The Bertz CT molecular complexity index is 587. The van der Waals surface area contributed by atoms with Gasteiger partial charge in [-0.3, -0.25) is 4.79 Å². The van der Waals surface area contributed by atoms with E-state index in [0.717, 1.165) is 6.42 Å². The van der Waals surface area contributed by atoms with E-state index >= 15 is 0 Å². The molecular weight excluding hydrogens is 321 g/mol. The van der Waals surface area contributed by atoms with Crippen LogP contribution in [-0.2, 0) is 20.4 Å². The summed E-state index contributed by atoms with van der Waals surface area (Å²) in [5.41, 5.74) is 0.436. The quantitative estimate of drug-likeness (QED) is 0.868. The Morgan fingerprint density at radius 1 is 1.35 bits per heavy atom. The van der Waals surface area contributed by atoms with Gasteiger partial charge in [0.05, 0.1) is 5.75 Å². The summed E-state index contributed by atoms with van der Waals surface area (Å²) < 4.78 is 24.4. The van der Waals surface area contributed by atoms with Crippen molar-refractivity contribution in [3.63, 3.8) is 0 Å². The molecule has 20 heavy (non-hydrogen) atoms. The van der Waals surface area contributed by atoms with E-state index in [1.54, 1.807) is 12.1 Å². The van der Waals surface area contributed by atoms with Gasteiger partial charge in [0.25, 0.3) is 0 Å². The van der Waals surface area contributed by atoms with Crippen LogP contribution in [0.2, 0.25) is 10.0 Å². The molecule has 0 radical (unpaired) electrons. The van der Waals surface area contributed by atoms with Crippen molar-refractivity contribution in [2.45, 2.75) is 31.3 Å². The van der Waals surface area contributed by atoms with Gasteiger partial charge in [0.15, 0.2) is 9.84 Å². The SMILES string of the molecule is CCCNC(=O)C(C)S(=O)(=O)Cc1ccc(Cl)cc1Cl. The van der Waals surface area contributed by atoms with Crippen LogP contribution in [0.3, 0.4) is 0 Å². The van der Waals surface area contributed by atoms with Gasteiger partial charge in [0.2, 0.25) is 5.91 Å². The molecule has 0 saturated carbocycles. The summed E-state index contributed by atoms with van der Waals surface area (Å²) in [6.45, 7) is 3.73. The monoisotopic (exact) mass is 337 g/mol. The fourth-order valence-electron chi connectivity index (χ4n) is 1.54. The Balaban J connectivity index is 2.86. The van der Waals surface area contributed by atoms with Gasteiger partial charge >= 0.3 is 0 Å². The molecule has 0 fully saturated rings. The third-order valence-electron chi connectivity index (χ3n) is 2.83. The van der Waals surface area contributed by atoms with Crippen molar-refractivity contribution >= 4 is 38.9 Å². The van der Waals surface area contributed by atoms with Crippen LogP contribution in [0, 0.1) is 0 Å². The largest absolute Gasteiger partial charge is 0.355 e. The molecule has 0 aliphatic heterocycles. The number of benzene rings is 1. The topological polar surface area (TPSA) is 63.2 Å². The number of hydrogen-bond acceptors (Lipinski definition) is 3. The minimum atomic E-state index is -3.62. The average molecular weight is 338 g/mol. The molecule has 1 N–H and O–H groups in total. The summed E-state index contributed by atoms with van der Waals surface area (Å²) >= 11 is 11.7. The number of hydrogen-bond donors (Lipinski definition) is 1. The molecule has 1 rings (SSSR count). The molecule has 1 aromatic carbocycles. The van der Waals surface area contributed by atoms with Gasteiger partial charge in [0, 0.05) is 16.6 Å². The van der Waals surface area contributed by atoms with E-state index in [4.69, 9.17) is 23.2 Å². The predicted molar refractivity (Wildman–Crippen MR) is 81.8 cm³/mol. The Hall–Kier alpha value is -0.780. The van der Waals surface area contributed by atoms with E-state index in [2.05, 4.69) is 5.32 Å². The molecule has 1 aromatic rings. The minimum absolute atomic E-state index is 0.280. The molecule has 0 aliphatic carbocycles. The summed E-state index contributed by atoms with van der Waals surface area (Å²) in [5.74, 6) is -0.777. The number of rotatable bonds is 6. The number of amides is 1. The van der Waals surface area contributed by atoms with Crippen LogP contribution in [0.5, 0.6) is 0 Å². The van der Waals surface area contributed by atoms with Crippen molar-refractivity contribution in [2.24, 2.45) is 0 Å². The molecule has 4 nitrogen and oxygen atoms in total. The summed E-state index contributed by atoms with van der Waals surface area (Å²) in [6.07, 6.45) is 0.752. The van der Waals surface area contributed by atoms with E-state index in [1.807, 2.05) is 6.92 Å². The highest BCUT2D eigenvalue weighted by Crippen LogP contribution is 2.24. The third-order valence-corrected chi connectivity index (χ3v) is 5.42. The molecule has 0 heterocycles. The fraction of sp³-hybridized carbons (Fsp3) is 0.462. The first-order chi connectivity index (χ1) is 9.27. The average Bonchev–Trinajstić information content (AvgIpc) is 2.38. The van der Waals surface area contributed by atoms with Crippen LogP contribution in [0.25, 0.3) is 0 Å². The van der Waals surface area contributed by atoms with Crippen molar-refractivity contribution in [3.8, 4) is 0 Å². The van der Waals surface area contributed by atoms with E-state index in [9.17, 15) is 13.2 Å². The number of carbonyl (C=O) groups excluding carboxylic acids is 1. The first-order valence-electron chi connectivity index (χ1n) is 6.21. The van der Waals surface area contributed by atoms with E-state index in [1.165, 1.54) is 13.0 Å². The van der Waals surface area contributed by atoms with Crippen molar-refractivity contribution in [3.05, 3.63) is 33.8 Å². The maximum absolute atomic E-state index is 12.2. The normalized spacial score (nSPS) is 13.0. The van der Waals surface area contributed by atoms with Crippen molar-refractivity contribution < 1.29 is 13.2 Å². The van der Waals surface area contributed by atoms with Crippen LogP contribution in [0.4, 0.5) is 0 Å². The second-order valence-electron chi connectivity index (χ2n) is 4.48. The Morgan fingerprint density at radius 2 is 2.00 bits per heavy atom. The second kappa shape index (κ2) is 7.29. The zero-order chi connectivity index (χ0) is 15.3. The van der Waals surface area contributed by atoms with Gasteiger partial charge < -0.3 is 5.32 Å². The van der Waals surface area contributed by atoms with Gasteiger partial charge in [-0.05, 0) is 31.0 Å². The van der Waals surface area contributed by atoms with E-state index < -0.39 is 21.0 Å². The van der Waals surface area contributed by atoms with Crippen molar-refractivity contribution in [1.82, 2.24) is 5.32 Å². The van der Waals surface area contributed by atoms with Crippen LogP contribution in [0.1, 0.15) is 25.8 Å². The molecule has 0 spiro atoms.